The van der Waals surface area contributed by atoms with Crippen LogP contribution < -0.4 is 0 Å². The third-order valence-corrected chi connectivity index (χ3v) is 2.06. The van der Waals surface area contributed by atoms with Crippen molar-refractivity contribution in [2.75, 3.05) is 33.4 Å². The molecule has 0 bridgehead atoms. The van der Waals surface area contributed by atoms with E-state index in [-0.39, 0.29) is 12.1 Å². The van der Waals surface area contributed by atoms with Crippen molar-refractivity contribution < 1.29 is 14.3 Å². The Kier molecular flexibility index (Phi) is 7.42. The Bertz CT molecular complexity index is 161. The van der Waals surface area contributed by atoms with E-state index in [2.05, 4.69) is 16.6 Å². The van der Waals surface area contributed by atoms with Gasteiger partial charge in [-0.05, 0) is 6.54 Å². The summed E-state index contributed by atoms with van der Waals surface area (Å²) >= 11 is 0. The van der Waals surface area contributed by atoms with E-state index in [9.17, 15) is 4.79 Å². The van der Waals surface area contributed by atoms with Crippen LogP contribution in [0.1, 0.15) is 20.8 Å². The third-order valence-electron chi connectivity index (χ3n) is 2.06. The molecule has 84 valence electrons. The third kappa shape index (κ3) is 4.07. The summed E-state index contributed by atoms with van der Waals surface area (Å²) in [6, 6.07) is 0. The molecule has 0 spiro atoms. The highest BCUT2D eigenvalue weighted by atomic mass is 16.6. The summed E-state index contributed by atoms with van der Waals surface area (Å²) in [4.78, 5) is 13.2. The van der Waals surface area contributed by atoms with Gasteiger partial charge in [0.1, 0.15) is 0 Å². The topological polar surface area (TPSA) is 38.8 Å². The number of methoxy groups -OCH3 is 1. The van der Waals surface area contributed by atoms with E-state index in [0.717, 1.165) is 13.1 Å². The summed E-state index contributed by atoms with van der Waals surface area (Å²) in [5, 5.41) is 0. The molecule has 0 aromatic heterocycles. The minimum atomic E-state index is -0.385. The summed E-state index contributed by atoms with van der Waals surface area (Å²) in [7, 11) is 1.39. The van der Waals surface area contributed by atoms with Gasteiger partial charge in [0, 0.05) is 13.1 Å². The first-order chi connectivity index (χ1) is 6.77. The van der Waals surface area contributed by atoms with Crippen molar-refractivity contribution in [1.29, 1.82) is 0 Å². The molecule has 0 saturated carbocycles. The van der Waals surface area contributed by atoms with Gasteiger partial charge < -0.3 is 9.47 Å². The molecule has 14 heavy (non-hydrogen) atoms. The Morgan fingerprint density at radius 3 is 2.71 bits per heavy atom. The lowest BCUT2D eigenvalue weighted by Crippen LogP contribution is -2.46. The lowest BCUT2D eigenvalue weighted by molar-refractivity contribution is -0.159. The normalized spacial score (nSPS) is 22.1. The maximum Gasteiger partial charge on any atom is 0.336 e. The minimum absolute atomic E-state index is 0.270. The molecular weight excluding hydrogens is 182 g/mol. The van der Waals surface area contributed by atoms with Crippen LogP contribution in [0.25, 0.3) is 0 Å². The van der Waals surface area contributed by atoms with Crippen LogP contribution in [-0.2, 0) is 14.3 Å². The fourth-order valence-corrected chi connectivity index (χ4v) is 1.26. The number of hydrogen-bond acceptors (Lipinski definition) is 4. The molecule has 0 aromatic carbocycles. The Morgan fingerprint density at radius 1 is 1.57 bits per heavy atom. The molecule has 1 atom stereocenters. The van der Waals surface area contributed by atoms with E-state index < -0.39 is 0 Å². The lowest BCUT2D eigenvalue weighted by atomic mass is 10.3. The van der Waals surface area contributed by atoms with Gasteiger partial charge in [-0.15, -0.1) is 0 Å². The van der Waals surface area contributed by atoms with E-state index in [1.165, 1.54) is 7.11 Å². The van der Waals surface area contributed by atoms with Crippen LogP contribution in [0.2, 0.25) is 0 Å². The highest BCUT2D eigenvalue weighted by molar-refractivity contribution is 5.74. The molecule has 0 amide bonds. The van der Waals surface area contributed by atoms with Gasteiger partial charge in [0.25, 0.3) is 0 Å². The van der Waals surface area contributed by atoms with Gasteiger partial charge in [-0.25, -0.2) is 4.79 Å². The average molecular weight is 203 g/mol. The second-order valence-electron chi connectivity index (χ2n) is 2.78. The molecule has 0 N–H and O–H groups in total. The standard InChI is InChI=1S/C8H15NO3.C2H6/c1-3-9-4-5-12-7(6-9)8(10)11-2;1-2/h7H,3-6H2,1-2H3;1-2H3. The van der Waals surface area contributed by atoms with Crippen molar-refractivity contribution in [3.8, 4) is 0 Å². The molecular formula is C10H21NO3. The summed E-state index contributed by atoms with van der Waals surface area (Å²) in [6.45, 7) is 9.21. The zero-order valence-corrected chi connectivity index (χ0v) is 9.58. The van der Waals surface area contributed by atoms with Crippen molar-refractivity contribution in [2.45, 2.75) is 26.9 Å². The van der Waals surface area contributed by atoms with Crippen LogP contribution in [0.15, 0.2) is 0 Å². The first-order valence-corrected chi connectivity index (χ1v) is 5.19. The van der Waals surface area contributed by atoms with Gasteiger partial charge in [0.2, 0.25) is 0 Å². The molecule has 1 saturated heterocycles. The van der Waals surface area contributed by atoms with Gasteiger partial charge in [0.05, 0.1) is 13.7 Å². The molecule has 1 fully saturated rings. The number of carbonyl (C=O) groups excluding carboxylic acids is 1. The zero-order chi connectivity index (χ0) is 11.0. The van der Waals surface area contributed by atoms with Gasteiger partial charge in [-0.3, -0.25) is 4.90 Å². The predicted molar refractivity (Wildman–Crippen MR) is 55.2 cm³/mol. The number of esters is 1. The summed E-state index contributed by atoms with van der Waals surface area (Å²) in [5.41, 5.74) is 0. The lowest BCUT2D eigenvalue weighted by Gasteiger charge is -2.30. The zero-order valence-electron chi connectivity index (χ0n) is 9.58. The minimum Gasteiger partial charge on any atom is -0.467 e. The smallest absolute Gasteiger partial charge is 0.336 e. The summed E-state index contributed by atoms with van der Waals surface area (Å²) in [6.07, 6.45) is -0.385. The van der Waals surface area contributed by atoms with Crippen molar-refractivity contribution in [3.05, 3.63) is 0 Å². The van der Waals surface area contributed by atoms with Crippen LogP contribution in [0.5, 0.6) is 0 Å². The van der Waals surface area contributed by atoms with Crippen LogP contribution in [0.3, 0.4) is 0 Å². The number of nitrogens with zero attached hydrogens (tertiary/aromatic N) is 1. The average Bonchev–Trinajstić information content (AvgIpc) is 2.30. The number of ether oxygens (including phenoxy) is 2. The molecule has 0 aromatic rings. The number of carbonyl (C=O) groups is 1. The number of rotatable bonds is 2. The first kappa shape index (κ1) is 13.4. The molecule has 0 aliphatic carbocycles. The van der Waals surface area contributed by atoms with Crippen molar-refractivity contribution in [3.63, 3.8) is 0 Å². The molecule has 4 nitrogen and oxygen atoms in total. The van der Waals surface area contributed by atoms with E-state index in [1.54, 1.807) is 0 Å². The van der Waals surface area contributed by atoms with Crippen molar-refractivity contribution in [2.24, 2.45) is 0 Å². The van der Waals surface area contributed by atoms with Gasteiger partial charge in [-0.1, -0.05) is 20.8 Å². The Hall–Kier alpha value is -0.610. The predicted octanol–water partition coefficient (Wildman–Crippen LogP) is 0.906. The quantitative estimate of drug-likeness (QED) is 0.625. The SMILES string of the molecule is CC.CCN1CCOC(C(=O)OC)C1. The number of likely N-dealkylation sites (N-methyl/N-ethyl adjacent to an activating group) is 1. The van der Waals surface area contributed by atoms with Crippen molar-refractivity contribution >= 4 is 5.97 Å². The number of morpholine rings is 1. The van der Waals surface area contributed by atoms with E-state index >= 15 is 0 Å². The Balaban J connectivity index is 0.000000791. The fourth-order valence-electron chi connectivity index (χ4n) is 1.26. The van der Waals surface area contributed by atoms with E-state index in [1.807, 2.05) is 13.8 Å². The Labute approximate surface area is 86.2 Å². The van der Waals surface area contributed by atoms with Gasteiger partial charge in [0.15, 0.2) is 6.10 Å². The van der Waals surface area contributed by atoms with Gasteiger partial charge >= 0.3 is 5.97 Å². The van der Waals surface area contributed by atoms with E-state index in [0.29, 0.717) is 13.2 Å². The van der Waals surface area contributed by atoms with Crippen LogP contribution in [-0.4, -0.2) is 50.3 Å². The summed E-state index contributed by atoms with van der Waals surface area (Å²) < 4.78 is 9.84. The summed E-state index contributed by atoms with van der Waals surface area (Å²) in [5.74, 6) is -0.270. The maximum absolute atomic E-state index is 11.1. The van der Waals surface area contributed by atoms with Gasteiger partial charge in [-0.2, -0.15) is 0 Å². The second kappa shape index (κ2) is 7.76. The first-order valence-electron chi connectivity index (χ1n) is 5.19. The largest absolute Gasteiger partial charge is 0.467 e. The monoisotopic (exact) mass is 203 g/mol. The van der Waals surface area contributed by atoms with Crippen molar-refractivity contribution in [1.82, 2.24) is 4.90 Å². The maximum atomic E-state index is 11.1. The molecule has 0 radical (unpaired) electrons. The van der Waals surface area contributed by atoms with Crippen LogP contribution in [0, 0.1) is 0 Å². The number of hydrogen-bond donors (Lipinski definition) is 0. The second-order valence-corrected chi connectivity index (χ2v) is 2.78. The molecule has 1 rings (SSSR count). The Morgan fingerprint density at radius 2 is 2.21 bits per heavy atom. The molecule has 1 aliphatic rings. The molecule has 1 unspecified atom stereocenters. The highest BCUT2D eigenvalue weighted by Gasteiger charge is 2.26. The fraction of sp³-hybridized carbons (Fsp3) is 0.900. The molecule has 1 aliphatic heterocycles. The molecule has 4 heteroatoms. The molecule has 1 heterocycles. The van der Waals surface area contributed by atoms with E-state index in [4.69, 9.17) is 4.74 Å². The highest BCUT2D eigenvalue weighted by Crippen LogP contribution is 2.05. The van der Waals surface area contributed by atoms with Crippen LogP contribution >= 0.6 is 0 Å². The van der Waals surface area contributed by atoms with Crippen LogP contribution in [0.4, 0.5) is 0 Å².